The first kappa shape index (κ1) is 27.1. The Morgan fingerprint density at radius 2 is 1.69 bits per heavy atom. The zero-order valence-electron chi connectivity index (χ0n) is 18.1. The molecule has 0 saturated heterocycles. The molecule has 2 atom stereocenters. The van der Waals surface area contributed by atoms with Crippen molar-refractivity contribution < 1.29 is 9.59 Å². The molecule has 0 spiro atoms. The average molecular weight is 536 g/mol. The monoisotopic (exact) mass is 534 g/mol. The predicted octanol–water partition coefficient (Wildman–Crippen LogP) is 6.87. The second-order valence-electron chi connectivity index (χ2n) is 7.44. The molecule has 0 heterocycles. The summed E-state index contributed by atoms with van der Waals surface area (Å²) < 4.78 is 0. The summed E-state index contributed by atoms with van der Waals surface area (Å²) in [5.41, 5.74) is 1.50. The highest BCUT2D eigenvalue weighted by Crippen LogP contribution is 2.28. The van der Waals surface area contributed by atoms with Crippen molar-refractivity contribution in [1.29, 1.82) is 0 Å². The number of hydrogen-bond acceptors (Lipinski definition) is 3. The summed E-state index contributed by atoms with van der Waals surface area (Å²) in [7, 11) is 0. The minimum atomic E-state index is -0.691. The number of thioether (sulfide) groups is 1. The molecule has 2 amide bonds. The number of rotatable bonds is 10. The van der Waals surface area contributed by atoms with E-state index >= 15 is 0 Å². The molecule has 2 aromatic rings. The number of carbonyl (C=O) groups is 2. The molecule has 0 aromatic heterocycles. The summed E-state index contributed by atoms with van der Waals surface area (Å²) in [4.78, 5) is 27.5. The summed E-state index contributed by atoms with van der Waals surface area (Å²) in [6.45, 7) is 5.75. The fourth-order valence-electron chi connectivity index (χ4n) is 2.87. The first-order chi connectivity index (χ1) is 15.1. The van der Waals surface area contributed by atoms with Gasteiger partial charge < -0.3 is 10.2 Å². The van der Waals surface area contributed by atoms with E-state index in [1.165, 1.54) is 16.7 Å². The van der Waals surface area contributed by atoms with E-state index in [1.807, 2.05) is 19.9 Å². The van der Waals surface area contributed by atoms with Gasteiger partial charge in [-0.1, -0.05) is 65.5 Å². The van der Waals surface area contributed by atoms with Crippen LogP contribution in [0.3, 0.4) is 0 Å². The van der Waals surface area contributed by atoms with Gasteiger partial charge >= 0.3 is 0 Å². The van der Waals surface area contributed by atoms with Crippen molar-refractivity contribution in [2.24, 2.45) is 0 Å². The van der Waals surface area contributed by atoms with Crippen LogP contribution in [0.1, 0.15) is 38.3 Å². The summed E-state index contributed by atoms with van der Waals surface area (Å²) >= 11 is 26.2. The van der Waals surface area contributed by atoms with Crippen LogP contribution in [0.4, 0.5) is 0 Å². The Balaban J connectivity index is 2.16. The second kappa shape index (κ2) is 13.0. The van der Waals surface area contributed by atoms with Gasteiger partial charge in [0.15, 0.2) is 0 Å². The predicted molar refractivity (Wildman–Crippen MR) is 137 cm³/mol. The molecule has 0 fully saturated rings. The van der Waals surface area contributed by atoms with Gasteiger partial charge in [-0.15, -0.1) is 11.8 Å². The van der Waals surface area contributed by atoms with E-state index in [1.54, 1.807) is 37.3 Å². The van der Waals surface area contributed by atoms with Gasteiger partial charge in [0, 0.05) is 44.0 Å². The van der Waals surface area contributed by atoms with Gasteiger partial charge in [0.2, 0.25) is 11.8 Å². The first-order valence-electron chi connectivity index (χ1n) is 10.2. The Labute approximate surface area is 213 Å². The highest BCUT2D eigenvalue weighted by molar-refractivity contribution is 7.99. The first-order valence-corrected chi connectivity index (χ1v) is 12.8. The Morgan fingerprint density at radius 3 is 2.28 bits per heavy atom. The van der Waals surface area contributed by atoms with Crippen LogP contribution in [0.2, 0.25) is 20.1 Å². The Morgan fingerprint density at radius 1 is 1.03 bits per heavy atom. The van der Waals surface area contributed by atoms with Crippen molar-refractivity contribution in [3.05, 3.63) is 67.6 Å². The molecule has 0 unspecified atom stereocenters. The molecule has 0 aliphatic rings. The van der Waals surface area contributed by atoms with E-state index in [0.29, 0.717) is 31.4 Å². The van der Waals surface area contributed by atoms with Crippen LogP contribution in [0.5, 0.6) is 0 Å². The fraction of sp³-hybridized carbons (Fsp3) is 0.391. The third-order valence-electron chi connectivity index (χ3n) is 5.06. The van der Waals surface area contributed by atoms with Crippen molar-refractivity contribution in [3.8, 4) is 0 Å². The van der Waals surface area contributed by atoms with E-state index in [0.717, 1.165) is 12.0 Å². The molecule has 32 heavy (non-hydrogen) atoms. The number of benzene rings is 2. The molecule has 2 rings (SSSR count). The summed E-state index contributed by atoms with van der Waals surface area (Å²) in [6, 6.07) is 9.76. The SMILES string of the molecule is CC[C@@H](C)NC(=O)[C@H](C)N(Cc1c(Cl)cccc1Cl)C(=O)CSCc1ccc(Cl)cc1Cl. The number of nitrogens with zero attached hydrogens (tertiary/aromatic N) is 1. The van der Waals surface area contributed by atoms with Gasteiger partial charge in [-0.2, -0.15) is 0 Å². The molecule has 0 bridgehead atoms. The number of amides is 2. The van der Waals surface area contributed by atoms with Crippen LogP contribution in [0, 0.1) is 0 Å². The van der Waals surface area contributed by atoms with Gasteiger partial charge in [0.25, 0.3) is 0 Å². The lowest BCUT2D eigenvalue weighted by molar-refractivity contribution is -0.138. The smallest absolute Gasteiger partial charge is 0.242 e. The van der Waals surface area contributed by atoms with Gasteiger partial charge in [-0.3, -0.25) is 9.59 Å². The number of halogens is 4. The number of carbonyl (C=O) groups excluding carboxylic acids is 2. The lowest BCUT2D eigenvalue weighted by atomic mass is 10.1. The molecule has 4 nitrogen and oxygen atoms in total. The third-order valence-corrected chi connectivity index (χ3v) is 7.32. The van der Waals surface area contributed by atoms with E-state index in [4.69, 9.17) is 46.4 Å². The zero-order chi connectivity index (χ0) is 23.8. The number of hydrogen-bond donors (Lipinski definition) is 1. The third kappa shape index (κ3) is 7.74. The van der Waals surface area contributed by atoms with Crippen molar-refractivity contribution >= 4 is 70.0 Å². The maximum atomic E-state index is 13.2. The molecule has 174 valence electrons. The lowest BCUT2D eigenvalue weighted by Crippen LogP contribution is -2.50. The van der Waals surface area contributed by atoms with Crippen molar-refractivity contribution in [1.82, 2.24) is 10.2 Å². The van der Waals surface area contributed by atoms with E-state index < -0.39 is 6.04 Å². The van der Waals surface area contributed by atoms with Gasteiger partial charge in [-0.05, 0) is 50.1 Å². The fourth-order valence-corrected chi connectivity index (χ4v) is 4.86. The molecular weight excluding hydrogens is 510 g/mol. The molecular formula is C23H26Cl4N2O2S. The molecule has 0 saturated carbocycles. The van der Waals surface area contributed by atoms with Gasteiger partial charge in [0.05, 0.1) is 5.75 Å². The zero-order valence-corrected chi connectivity index (χ0v) is 22.0. The van der Waals surface area contributed by atoms with Crippen LogP contribution < -0.4 is 5.32 Å². The van der Waals surface area contributed by atoms with E-state index in [9.17, 15) is 9.59 Å². The number of nitrogens with one attached hydrogen (secondary N) is 1. The van der Waals surface area contributed by atoms with Crippen LogP contribution in [-0.4, -0.2) is 34.6 Å². The largest absolute Gasteiger partial charge is 0.352 e. The summed E-state index contributed by atoms with van der Waals surface area (Å²) in [6.07, 6.45) is 0.792. The lowest BCUT2D eigenvalue weighted by Gasteiger charge is -2.30. The maximum Gasteiger partial charge on any atom is 0.242 e. The van der Waals surface area contributed by atoms with Crippen molar-refractivity contribution in [3.63, 3.8) is 0 Å². The van der Waals surface area contributed by atoms with Crippen LogP contribution >= 0.6 is 58.2 Å². The molecule has 0 radical (unpaired) electrons. The summed E-state index contributed by atoms with van der Waals surface area (Å²) in [5.74, 6) is 0.294. The van der Waals surface area contributed by atoms with Crippen LogP contribution in [-0.2, 0) is 21.9 Å². The van der Waals surface area contributed by atoms with E-state index in [2.05, 4.69) is 5.32 Å². The van der Waals surface area contributed by atoms with Crippen molar-refractivity contribution in [2.45, 2.75) is 51.6 Å². The maximum absolute atomic E-state index is 13.2. The Bertz CT molecular complexity index is 937. The molecule has 2 aromatic carbocycles. The topological polar surface area (TPSA) is 49.4 Å². The molecule has 9 heteroatoms. The Hall–Kier alpha value is -1.11. The Kier molecular flexibility index (Phi) is 11.0. The quantitative estimate of drug-likeness (QED) is 0.361. The average Bonchev–Trinajstić information content (AvgIpc) is 2.74. The van der Waals surface area contributed by atoms with Crippen molar-refractivity contribution in [2.75, 3.05) is 5.75 Å². The van der Waals surface area contributed by atoms with Crippen LogP contribution in [0.15, 0.2) is 36.4 Å². The van der Waals surface area contributed by atoms with Gasteiger partial charge in [-0.25, -0.2) is 0 Å². The highest BCUT2D eigenvalue weighted by Gasteiger charge is 2.28. The standard InChI is InChI=1S/C23H26Cl4N2O2S/c1-4-14(2)28-23(31)15(3)29(11-18-19(25)6-5-7-20(18)26)22(30)13-32-12-16-8-9-17(24)10-21(16)27/h5-10,14-15H,4,11-13H2,1-3H3,(H,28,31)/t14-,15+/m1/s1. The summed E-state index contributed by atoms with van der Waals surface area (Å²) in [5, 5.41) is 4.95. The minimum absolute atomic E-state index is 0.00669. The minimum Gasteiger partial charge on any atom is -0.352 e. The highest BCUT2D eigenvalue weighted by atomic mass is 35.5. The van der Waals surface area contributed by atoms with Crippen LogP contribution in [0.25, 0.3) is 0 Å². The van der Waals surface area contributed by atoms with E-state index in [-0.39, 0.29) is 30.2 Å². The molecule has 0 aliphatic carbocycles. The molecule has 1 N–H and O–H groups in total. The molecule has 0 aliphatic heterocycles. The van der Waals surface area contributed by atoms with Gasteiger partial charge in [0.1, 0.15) is 6.04 Å². The normalized spacial score (nSPS) is 12.8. The second-order valence-corrected chi connectivity index (χ2v) is 10.1.